The van der Waals surface area contributed by atoms with Crippen LogP contribution in [-0.2, 0) is 34.4 Å². The van der Waals surface area contributed by atoms with Crippen molar-refractivity contribution in [1.29, 1.82) is 0 Å². The van der Waals surface area contributed by atoms with Gasteiger partial charge in [0.2, 0.25) is 5.79 Å². The molecule has 14 heteroatoms. The Labute approximate surface area is 270 Å². The molecule has 1 aliphatic carbocycles. The molecule has 0 radical (unpaired) electrons. The molecule has 47 heavy (non-hydrogen) atoms. The number of fused-ring (bicyclic) bond motifs is 4. The van der Waals surface area contributed by atoms with Crippen molar-refractivity contribution in [1.82, 2.24) is 9.80 Å². The van der Waals surface area contributed by atoms with Crippen molar-refractivity contribution in [3.63, 3.8) is 0 Å². The van der Waals surface area contributed by atoms with Crippen molar-refractivity contribution >= 4 is 36.0 Å². The second-order valence-corrected chi connectivity index (χ2v) is 10.6. The molecule has 6 N–H and O–H groups in total. The fraction of sp³-hybridized carbons (Fsp3) is 0.333. The lowest BCUT2D eigenvalue weighted by Crippen LogP contribution is -2.50. The maximum atomic E-state index is 9.68. The summed E-state index contributed by atoms with van der Waals surface area (Å²) in [7, 11) is 0. The van der Waals surface area contributed by atoms with Crippen LogP contribution in [0.4, 0.5) is 0 Å². The predicted octanol–water partition coefficient (Wildman–Crippen LogP) is 1.18. The summed E-state index contributed by atoms with van der Waals surface area (Å²) in [5.74, 6) is -5.91. The van der Waals surface area contributed by atoms with Gasteiger partial charge in [0, 0.05) is 74.7 Å². The molecule has 1 spiro atoms. The number of nitrogens with zero attached hydrogens (tertiary/aromatic N) is 2. The third kappa shape index (κ3) is 11.2. The summed E-state index contributed by atoms with van der Waals surface area (Å²) in [6.07, 6.45) is 5.83. The van der Waals surface area contributed by atoms with Gasteiger partial charge in [-0.25, -0.2) is 19.2 Å². The summed E-state index contributed by atoms with van der Waals surface area (Å²) in [4.78, 5) is 42.8. The largest absolute Gasteiger partial charge is 0.478 e. The van der Waals surface area contributed by atoms with E-state index in [1.165, 1.54) is 0 Å². The molecule has 14 nitrogen and oxygen atoms in total. The number of hydrogen-bond donors (Lipinski definition) is 6. The van der Waals surface area contributed by atoms with Gasteiger partial charge in [-0.15, -0.1) is 0 Å². The molecule has 2 heterocycles. The lowest BCUT2D eigenvalue weighted by molar-refractivity contribution is -0.145. The highest BCUT2D eigenvalue weighted by atomic mass is 16.7. The molecular weight excluding hydrogens is 616 g/mol. The Bertz CT molecular complexity index is 1360. The van der Waals surface area contributed by atoms with Crippen LogP contribution in [0.2, 0.25) is 0 Å². The molecule has 2 fully saturated rings. The maximum absolute atomic E-state index is 9.68. The topological polar surface area (TPSA) is 215 Å². The summed E-state index contributed by atoms with van der Waals surface area (Å²) in [5, 5.41) is 50.0. The van der Waals surface area contributed by atoms with Crippen molar-refractivity contribution in [3.05, 3.63) is 95.1 Å². The van der Waals surface area contributed by atoms with Gasteiger partial charge >= 0.3 is 23.9 Å². The number of benzene rings is 2. The van der Waals surface area contributed by atoms with Gasteiger partial charge in [-0.05, 0) is 11.1 Å². The standard InChI is InChI=1S/C25H30N2O4.2C4H4O4/c28-17-21(29)15-26-11-13-27(14-12-26)16-22-18-30-25(31-22)23-7-3-1-5-19(23)9-10-20-6-2-4-8-24(20)25;2*5-3(6)1-2-4(7)8/h1-10,21-22,28-29H,11-18H2;2*1-2H,(H,5,6)(H,7,8)/b;2*2-1+. The Morgan fingerprint density at radius 3 is 1.60 bits per heavy atom. The lowest BCUT2D eigenvalue weighted by Gasteiger charge is -2.36. The molecule has 3 aliphatic rings. The van der Waals surface area contributed by atoms with E-state index in [1.807, 2.05) is 24.3 Å². The van der Waals surface area contributed by atoms with E-state index in [9.17, 15) is 24.3 Å². The molecule has 0 saturated carbocycles. The Morgan fingerprint density at radius 2 is 1.17 bits per heavy atom. The number of aliphatic hydroxyl groups excluding tert-OH is 2. The summed E-state index contributed by atoms with van der Waals surface area (Å²) in [5.41, 5.74) is 4.36. The van der Waals surface area contributed by atoms with E-state index in [2.05, 4.69) is 46.2 Å². The molecule has 2 unspecified atom stereocenters. The monoisotopic (exact) mass is 654 g/mol. The van der Waals surface area contributed by atoms with Crippen molar-refractivity contribution < 1.29 is 59.3 Å². The minimum Gasteiger partial charge on any atom is -0.478 e. The maximum Gasteiger partial charge on any atom is 0.328 e. The molecule has 2 aromatic carbocycles. The van der Waals surface area contributed by atoms with Gasteiger partial charge in [0.15, 0.2) is 0 Å². The number of carboxylic acid groups (broad SMARTS) is 4. The van der Waals surface area contributed by atoms with Crippen LogP contribution in [0.5, 0.6) is 0 Å². The first-order chi connectivity index (χ1) is 22.4. The summed E-state index contributed by atoms with van der Waals surface area (Å²) >= 11 is 0. The predicted molar refractivity (Wildman–Crippen MR) is 168 cm³/mol. The van der Waals surface area contributed by atoms with Gasteiger partial charge in [0.1, 0.15) is 0 Å². The van der Waals surface area contributed by atoms with E-state index in [4.69, 9.17) is 35.0 Å². The Kier molecular flexibility index (Phi) is 14.0. The number of carbonyl (C=O) groups is 4. The smallest absolute Gasteiger partial charge is 0.328 e. The van der Waals surface area contributed by atoms with Crippen LogP contribution in [0.15, 0.2) is 72.8 Å². The fourth-order valence-corrected chi connectivity index (χ4v) is 5.18. The third-order valence-corrected chi connectivity index (χ3v) is 7.22. The number of aliphatic carboxylic acids is 4. The van der Waals surface area contributed by atoms with Crippen LogP contribution in [0.3, 0.4) is 0 Å². The first-order valence-electron chi connectivity index (χ1n) is 14.6. The average Bonchev–Trinajstić information content (AvgIpc) is 3.42. The fourth-order valence-electron chi connectivity index (χ4n) is 5.18. The molecule has 5 rings (SSSR count). The molecule has 0 aromatic heterocycles. The van der Waals surface area contributed by atoms with E-state index < -0.39 is 35.8 Å². The number of ether oxygens (including phenoxy) is 2. The molecule has 2 saturated heterocycles. The summed E-state index contributed by atoms with van der Waals surface area (Å²) < 4.78 is 13.2. The zero-order valence-corrected chi connectivity index (χ0v) is 25.4. The highest BCUT2D eigenvalue weighted by Crippen LogP contribution is 2.45. The van der Waals surface area contributed by atoms with Gasteiger partial charge in [-0.1, -0.05) is 60.7 Å². The van der Waals surface area contributed by atoms with Gasteiger partial charge in [0.25, 0.3) is 0 Å². The number of piperazine rings is 1. The average molecular weight is 655 g/mol. The van der Waals surface area contributed by atoms with Crippen molar-refractivity contribution in [2.24, 2.45) is 0 Å². The Hall–Kier alpha value is -4.70. The van der Waals surface area contributed by atoms with Crippen molar-refractivity contribution in [2.45, 2.75) is 18.0 Å². The van der Waals surface area contributed by atoms with Crippen LogP contribution >= 0.6 is 0 Å². The quantitative estimate of drug-likeness (QED) is 0.210. The van der Waals surface area contributed by atoms with Gasteiger partial charge in [-0.3, -0.25) is 9.80 Å². The van der Waals surface area contributed by atoms with Gasteiger partial charge in [-0.2, -0.15) is 0 Å². The van der Waals surface area contributed by atoms with Crippen LogP contribution in [0, 0.1) is 0 Å². The van der Waals surface area contributed by atoms with E-state index in [0.717, 1.165) is 55.0 Å². The second kappa shape index (κ2) is 17.9. The first kappa shape index (κ1) is 36.8. The van der Waals surface area contributed by atoms with Gasteiger partial charge in [0.05, 0.1) is 25.4 Å². The van der Waals surface area contributed by atoms with E-state index >= 15 is 0 Å². The second-order valence-electron chi connectivity index (χ2n) is 10.6. The molecule has 2 aliphatic heterocycles. The van der Waals surface area contributed by atoms with Crippen molar-refractivity contribution in [2.75, 3.05) is 52.5 Å². The molecule has 0 amide bonds. The normalized spacial score (nSPS) is 19.1. The SMILES string of the molecule is O=C(O)/C=C/C(=O)O.O=C(O)/C=C/C(=O)O.OCC(O)CN1CCN(CC2COC3(O2)c2ccccc2C=Cc2ccccc23)CC1. The van der Waals surface area contributed by atoms with Crippen LogP contribution in [0.1, 0.15) is 22.3 Å². The number of aliphatic hydroxyl groups is 2. The molecule has 2 atom stereocenters. The first-order valence-corrected chi connectivity index (χ1v) is 14.6. The highest BCUT2D eigenvalue weighted by Gasteiger charge is 2.47. The lowest BCUT2D eigenvalue weighted by atomic mass is 9.93. The number of β-amino-alcohol motifs (C(OH)–C–C–N with tert-alkyl or cyclic N) is 1. The molecular formula is C33H38N2O12. The number of carboxylic acids is 4. The minimum absolute atomic E-state index is 0.0196. The Balaban J connectivity index is 0.000000312. The highest BCUT2D eigenvalue weighted by molar-refractivity contribution is 5.90. The summed E-state index contributed by atoms with van der Waals surface area (Å²) in [6, 6.07) is 16.6. The number of rotatable bonds is 9. The molecule has 2 aromatic rings. The molecule has 0 bridgehead atoms. The van der Waals surface area contributed by atoms with Crippen LogP contribution < -0.4 is 0 Å². The van der Waals surface area contributed by atoms with Crippen LogP contribution in [0.25, 0.3) is 12.2 Å². The van der Waals surface area contributed by atoms with E-state index in [0.29, 0.717) is 37.5 Å². The van der Waals surface area contributed by atoms with E-state index in [-0.39, 0.29) is 12.7 Å². The Morgan fingerprint density at radius 1 is 0.745 bits per heavy atom. The van der Waals surface area contributed by atoms with Crippen LogP contribution in [-0.4, -0.2) is 129 Å². The zero-order valence-electron chi connectivity index (χ0n) is 25.4. The summed E-state index contributed by atoms with van der Waals surface area (Å²) in [6.45, 7) is 5.29. The van der Waals surface area contributed by atoms with E-state index in [1.54, 1.807) is 0 Å². The molecule has 252 valence electrons. The zero-order chi connectivity index (χ0) is 34.4. The third-order valence-electron chi connectivity index (χ3n) is 7.22. The number of hydrogen-bond acceptors (Lipinski definition) is 10. The van der Waals surface area contributed by atoms with Crippen molar-refractivity contribution in [3.8, 4) is 0 Å². The minimum atomic E-state index is -1.26. The van der Waals surface area contributed by atoms with Gasteiger partial charge < -0.3 is 40.1 Å².